The first-order chi connectivity index (χ1) is 9.33. The van der Waals surface area contributed by atoms with Crippen LogP contribution < -0.4 is 10.6 Å². The van der Waals surface area contributed by atoms with Crippen molar-refractivity contribution >= 4 is 11.6 Å². The summed E-state index contributed by atoms with van der Waals surface area (Å²) in [6.45, 7) is 5.46. The summed E-state index contributed by atoms with van der Waals surface area (Å²) < 4.78 is 0. The fourth-order valence-electron chi connectivity index (χ4n) is 2.94. The van der Waals surface area contributed by atoms with Crippen molar-refractivity contribution in [2.24, 2.45) is 5.92 Å². The maximum absolute atomic E-state index is 4.65. The van der Waals surface area contributed by atoms with Crippen molar-refractivity contribution in [1.82, 2.24) is 4.98 Å². The van der Waals surface area contributed by atoms with Crippen molar-refractivity contribution in [2.45, 2.75) is 58.4 Å². The highest BCUT2D eigenvalue weighted by molar-refractivity contribution is 5.45. The molecule has 1 aromatic heterocycles. The van der Waals surface area contributed by atoms with Gasteiger partial charge in [-0.2, -0.15) is 0 Å². The van der Waals surface area contributed by atoms with Gasteiger partial charge in [0, 0.05) is 12.6 Å². The Morgan fingerprint density at radius 3 is 2.74 bits per heavy atom. The van der Waals surface area contributed by atoms with E-state index in [1.807, 2.05) is 6.07 Å². The van der Waals surface area contributed by atoms with Gasteiger partial charge in [0.2, 0.25) is 0 Å². The lowest BCUT2D eigenvalue weighted by molar-refractivity contribution is 0.317. The van der Waals surface area contributed by atoms with Crippen molar-refractivity contribution in [3.63, 3.8) is 0 Å². The monoisotopic (exact) mass is 261 g/mol. The van der Waals surface area contributed by atoms with Crippen molar-refractivity contribution in [3.05, 3.63) is 18.2 Å². The van der Waals surface area contributed by atoms with Crippen LogP contribution in [0.3, 0.4) is 0 Å². The summed E-state index contributed by atoms with van der Waals surface area (Å²) in [5.74, 6) is 2.81. The van der Waals surface area contributed by atoms with E-state index in [-0.39, 0.29) is 0 Å². The van der Waals surface area contributed by atoms with E-state index in [1.54, 1.807) is 0 Å². The van der Waals surface area contributed by atoms with Crippen LogP contribution in [0.1, 0.15) is 52.4 Å². The number of hydrogen-bond donors (Lipinski definition) is 2. The zero-order valence-electron chi connectivity index (χ0n) is 12.3. The van der Waals surface area contributed by atoms with E-state index in [4.69, 9.17) is 0 Å². The van der Waals surface area contributed by atoms with Crippen LogP contribution in [0.4, 0.5) is 11.6 Å². The second-order valence-corrected chi connectivity index (χ2v) is 5.54. The first kappa shape index (κ1) is 14.2. The van der Waals surface area contributed by atoms with Gasteiger partial charge < -0.3 is 10.6 Å². The predicted molar refractivity (Wildman–Crippen MR) is 82.7 cm³/mol. The molecule has 0 aromatic carbocycles. The molecule has 2 N–H and O–H groups in total. The van der Waals surface area contributed by atoms with Gasteiger partial charge in [0.25, 0.3) is 0 Å². The Hall–Kier alpha value is -1.25. The van der Waals surface area contributed by atoms with Gasteiger partial charge in [-0.25, -0.2) is 4.98 Å². The van der Waals surface area contributed by atoms with Crippen LogP contribution in [0.25, 0.3) is 0 Å². The molecule has 106 valence electrons. The van der Waals surface area contributed by atoms with Crippen LogP contribution in [-0.2, 0) is 0 Å². The molecule has 1 aliphatic carbocycles. The molecule has 2 rings (SSSR count). The second-order valence-electron chi connectivity index (χ2n) is 5.54. The topological polar surface area (TPSA) is 37.0 Å². The number of hydrogen-bond acceptors (Lipinski definition) is 3. The fraction of sp³-hybridized carbons (Fsp3) is 0.688. The predicted octanol–water partition coefficient (Wildman–Crippen LogP) is 4.28. The molecule has 1 saturated carbocycles. The average Bonchev–Trinajstić information content (AvgIpc) is 2.46. The maximum Gasteiger partial charge on any atom is 0.128 e. The smallest absolute Gasteiger partial charge is 0.128 e. The minimum absolute atomic E-state index is 0.604. The Balaban J connectivity index is 1.97. The van der Waals surface area contributed by atoms with E-state index in [9.17, 15) is 0 Å². The Labute approximate surface area is 117 Å². The number of rotatable bonds is 6. The van der Waals surface area contributed by atoms with Crippen LogP contribution in [0.15, 0.2) is 18.2 Å². The maximum atomic E-state index is 4.65. The summed E-state index contributed by atoms with van der Waals surface area (Å²) in [7, 11) is 0. The minimum atomic E-state index is 0.604. The third-order valence-corrected chi connectivity index (χ3v) is 4.07. The lowest BCUT2D eigenvalue weighted by Crippen LogP contribution is -2.32. The van der Waals surface area contributed by atoms with E-state index in [1.165, 1.54) is 32.1 Å². The normalized spacial score (nSPS) is 23.1. The lowest BCUT2D eigenvalue weighted by atomic mass is 9.83. The molecule has 1 aliphatic rings. The SMILES string of the molecule is CCCNc1cccc(NC2CCCCC2CC)n1. The highest BCUT2D eigenvalue weighted by atomic mass is 15.1. The zero-order valence-corrected chi connectivity index (χ0v) is 12.3. The van der Waals surface area contributed by atoms with Gasteiger partial charge in [0.05, 0.1) is 0 Å². The molecule has 1 fully saturated rings. The highest BCUT2D eigenvalue weighted by Crippen LogP contribution is 2.29. The van der Waals surface area contributed by atoms with Crippen molar-refractivity contribution in [2.75, 3.05) is 17.2 Å². The fourth-order valence-corrected chi connectivity index (χ4v) is 2.94. The molecule has 3 heteroatoms. The molecule has 2 unspecified atom stereocenters. The summed E-state index contributed by atoms with van der Waals surface area (Å²) in [6, 6.07) is 6.81. The molecule has 0 spiro atoms. The first-order valence-electron chi connectivity index (χ1n) is 7.81. The highest BCUT2D eigenvalue weighted by Gasteiger charge is 2.23. The van der Waals surface area contributed by atoms with Crippen molar-refractivity contribution < 1.29 is 0 Å². The lowest BCUT2D eigenvalue weighted by Gasteiger charge is -2.32. The Bertz CT molecular complexity index is 378. The molecule has 0 saturated heterocycles. The standard InChI is InChI=1S/C16H27N3/c1-3-12-17-15-10-7-11-16(19-15)18-14-9-6-5-8-13(14)4-2/h7,10-11,13-14H,3-6,8-9,12H2,1-2H3,(H2,17,18,19). The van der Waals surface area contributed by atoms with E-state index < -0.39 is 0 Å². The van der Waals surface area contributed by atoms with E-state index >= 15 is 0 Å². The molecule has 1 heterocycles. The van der Waals surface area contributed by atoms with Crippen molar-refractivity contribution in [3.8, 4) is 0 Å². The van der Waals surface area contributed by atoms with E-state index in [2.05, 4.69) is 41.6 Å². The van der Waals surface area contributed by atoms with Crippen LogP contribution in [-0.4, -0.2) is 17.6 Å². The quantitative estimate of drug-likeness (QED) is 0.802. The number of aromatic nitrogens is 1. The van der Waals surface area contributed by atoms with Gasteiger partial charge in [-0.1, -0.05) is 39.2 Å². The van der Waals surface area contributed by atoms with Crippen LogP contribution in [0, 0.1) is 5.92 Å². The third-order valence-electron chi connectivity index (χ3n) is 4.07. The Morgan fingerprint density at radius 1 is 1.16 bits per heavy atom. The van der Waals surface area contributed by atoms with E-state index in [0.29, 0.717) is 6.04 Å². The molecule has 0 amide bonds. The molecule has 0 bridgehead atoms. The Kier molecular flexibility index (Phi) is 5.49. The molecular weight excluding hydrogens is 234 g/mol. The molecule has 2 atom stereocenters. The van der Waals surface area contributed by atoms with Gasteiger partial charge in [-0.3, -0.25) is 0 Å². The molecular formula is C16H27N3. The number of nitrogens with zero attached hydrogens (tertiary/aromatic N) is 1. The average molecular weight is 261 g/mol. The first-order valence-corrected chi connectivity index (χ1v) is 7.81. The van der Waals surface area contributed by atoms with Gasteiger partial charge in [0.15, 0.2) is 0 Å². The summed E-state index contributed by atoms with van der Waals surface area (Å²) in [4.78, 5) is 4.65. The number of nitrogens with one attached hydrogen (secondary N) is 2. The van der Waals surface area contributed by atoms with Crippen LogP contribution in [0.5, 0.6) is 0 Å². The van der Waals surface area contributed by atoms with E-state index in [0.717, 1.165) is 30.5 Å². The molecule has 3 nitrogen and oxygen atoms in total. The molecule has 0 radical (unpaired) electrons. The van der Waals surface area contributed by atoms with Crippen molar-refractivity contribution in [1.29, 1.82) is 0 Å². The summed E-state index contributed by atoms with van der Waals surface area (Å²) in [5, 5.41) is 6.99. The second kappa shape index (κ2) is 7.37. The van der Waals surface area contributed by atoms with Crippen LogP contribution in [0.2, 0.25) is 0 Å². The summed E-state index contributed by atoms with van der Waals surface area (Å²) in [6.07, 6.45) is 7.78. The summed E-state index contributed by atoms with van der Waals surface area (Å²) in [5.41, 5.74) is 0. The van der Waals surface area contributed by atoms with Gasteiger partial charge in [-0.15, -0.1) is 0 Å². The van der Waals surface area contributed by atoms with Gasteiger partial charge >= 0.3 is 0 Å². The third kappa shape index (κ3) is 4.12. The van der Waals surface area contributed by atoms with Crippen LogP contribution >= 0.6 is 0 Å². The van der Waals surface area contributed by atoms with Gasteiger partial charge in [0.1, 0.15) is 11.6 Å². The molecule has 1 aromatic rings. The summed E-state index contributed by atoms with van der Waals surface area (Å²) >= 11 is 0. The Morgan fingerprint density at radius 2 is 1.95 bits per heavy atom. The van der Waals surface area contributed by atoms with Gasteiger partial charge in [-0.05, 0) is 37.3 Å². The number of pyridine rings is 1. The minimum Gasteiger partial charge on any atom is -0.370 e. The largest absolute Gasteiger partial charge is 0.370 e. The molecule has 19 heavy (non-hydrogen) atoms. The molecule has 0 aliphatic heterocycles. The zero-order chi connectivity index (χ0) is 13.5. The number of anilines is 2.